The normalized spacial score (nSPS) is 26.6. The van der Waals surface area contributed by atoms with Gasteiger partial charge >= 0.3 is 0 Å². The van der Waals surface area contributed by atoms with Crippen molar-refractivity contribution in [1.29, 1.82) is 0 Å². The van der Waals surface area contributed by atoms with Crippen LogP contribution >= 0.6 is 0 Å². The van der Waals surface area contributed by atoms with Gasteiger partial charge in [0.15, 0.2) is 0 Å². The van der Waals surface area contributed by atoms with Crippen molar-refractivity contribution in [1.82, 2.24) is 9.80 Å². The van der Waals surface area contributed by atoms with E-state index in [1.54, 1.807) is 0 Å². The van der Waals surface area contributed by atoms with Crippen molar-refractivity contribution >= 4 is 0 Å². The monoisotopic (exact) mass is 227 g/mol. The Labute approximate surface area is 101 Å². The van der Waals surface area contributed by atoms with Crippen molar-refractivity contribution in [3.8, 4) is 0 Å². The van der Waals surface area contributed by atoms with E-state index in [-0.39, 0.29) is 5.54 Å². The van der Waals surface area contributed by atoms with Crippen LogP contribution in [0.2, 0.25) is 0 Å². The summed E-state index contributed by atoms with van der Waals surface area (Å²) in [6.07, 6.45) is 2.64. The summed E-state index contributed by atoms with van der Waals surface area (Å²) in [6, 6.07) is 0.686. The van der Waals surface area contributed by atoms with Gasteiger partial charge in [0.05, 0.1) is 0 Å². The highest BCUT2D eigenvalue weighted by atomic mass is 15.3. The van der Waals surface area contributed by atoms with Crippen molar-refractivity contribution in [2.75, 3.05) is 33.7 Å². The van der Waals surface area contributed by atoms with Gasteiger partial charge in [-0.15, -0.1) is 0 Å². The fourth-order valence-corrected chi connectivity index (χ4v) is 2.80. The van der Waals surface area contributed by atoms with E-state index < -0.39 is 0 Å². The summed E-state index contributed by atoms with van der Waals surface area (Å²) < 4.78 is 0. The Balaban J connectivity index is 2.76. The molecule has 1 rings (SSSR count). The minimum Gasteiger partial charge on any atom is -0.329 e. The number of hydrogen-bond donors (Lipinski definition) is 1. The number of likely N-dealkylation sites (N-methyl/N-ethyl adjacent to an activating group) is 1. The topological polar surface area (TPSA) is 32.5 Å². The zero-order chi connectivity index (χ0) is 12.3. The maximum absolute atomic E-state index is 6.03. The molecule has 0 aromatic rings. The van der Waals surface area contributed by atoms with Gasteiger partial charge in [-0.25, -0.2) is 0 Å². The average Bonchev–Trinajstić information content (AvgIpc) is 2.63. The van der Waals surface area contributed by atoms with Crippen LogP contribution in [0, 0.1) is 5.92 Å². The van der Waals surface area contributed by atoms with Crippen molar-refractivity contribution in [2.24, 2.45) is 11.7 Å². The molecule has 0 aromatic carbocycles. The number of nitrogens with two attached hydrogens (primary N) is 1. The van der Waals surface area contributed by atoms with Crippen molar-refractivity contribution in [2.45, 2.75) is 45.2 Å². The first-order valence-electron chi connectivity index (χ1n) is 6.53. The van der Waals surface area contributed by atoms with Crippen LogP contribution < -0.4 is 5.73 Å². The van der Waals surface area contributed by atoms with E-state index in [1.165, 1.54) is 19.4 Å². The molecule has 0 spiro atoms. The quantitative estimate of drug-likeness (QED) is 0.770. The summed E-state index contributed by atoms with van der Waals surface area (Å²) in [5.41, 5.74) is 6.19. The van der Waals surface area contributed by atoms with Crippen LogP contribution in [-0.4, -0.2) is 55.1 Å². The summed E-state index contributed by atoms with van der Waals surface area (Å²) >= 11 is 0. The molecule has 0 aromatic heterocycles. The molecule has 0 amide bonds. The highest BCUT2D eigenvalue weighted by Gasteiger charge is 2.40. The third kappa shape index (κ3) is 2.76. The predicted octanol–water partition coefficient (Wildman–Crippen LogP) is 1.39. The van der Waals surface area contributed by atoms with Gasteiger partial charge < -0.3 is 10.6 Å². The van der Waals surface area contributed by atoms with Gasteiger partial charge in [-0.05, 0) is 46.3 Å². The molecule has 1 saturated heterocycles. The van der Waals surface area contributed by atoms with Gasteiger partial charge in [0.2, 0.25) is 0 Å². The summed E-state index contributed by atoms with van der Waals surface area (Å²) in [5, 5.41) is 0. The van der Waals surface area contributed by atoms with E-state index in [0.717, 1.165) is 13.1 Å². The Morgan fingerprint density at radius 3 is 2.50 bits per heavy atom. The van der Waals surface area contributed by atoms with Gasteiger partial charge in [0.25, 0.3) is 0 Å². The lowest BCUT2D eigenvalue weighted by Gasteiger charge is -2.45. The minimum atomic E-state index is 0.164. The molecule has 2 atom stereocenters. The Kier molecular flexibility index (Phi) is 4.77. The molecular weight excluding hydrogens is 198 g/mol. The van der Waals surface area contributed by atoms with Crippen LogP contribution in [0.4, 0.5) is 0 Å². The van der Waals surface area contributed by atoms with Crippen LogP contribution in [0.15, 0.2) is 0 Å². The molecule has 16 heavy (non-hydrogen) atoms. The summed E-state index contributed by atoms with van der Waals surface area (Å²) in [4.78, 5) is 4.94. The van der Waals surface area contributed by atoms with Crippen LogP contribution in [0.3, 0.4) is 0 Å². The fraction of sp³-hybridized carbons (Fsp3) is 1.00. The zero-order valence-electron chi connectivity index (χ0n) is 11.7. The first-order valence-corrected chi connectivity index (χ1v) is 6.53. The number of rotatable bonds is 5. The van der Waals surface area contributed by atoms with Crippen molar-refractivity contribution in [3.63, 3.8) is 0 Å². The summed E-state index contributed by atoms with van der Waals surface area (Å²) in [5.74, 6) is 0.611. The second kappa shape index (κ2) is 5.48. The Morgan fingerprint density at radius 1 is 1.44 bits per heavy atom. The first kappa shape index (κ1) is 13.9. The van der Waals surface area contributed by atoms with E-state index >= 15 is 0 Å². The molecule has 2 N–H and O–H groups in total. The van der Waals surface area contributed by atoms with Crippen molar-refractivity contribution in [3.05, 3.63) is 0 Å². The Morgan fingerprint density at radius 2 is 2.06 bits per heavy atom. The zero-order valence-corrected chi connectivity index (χ0v) is 11.7. The number of hydrogen-bond acceptors (Lipinski definition) is 3. The second-order valence-electron chi connectivity index (χ2n) is 5.97. The van der Waals surface area contributed by atoms with E-state index in [2.05, 4.69) is 44.7 Å². The number of nitrogens with zero attached hydrogens (tertiary/aromatic N) is 2. The standard InChI is InChI=1S/C13H29N3/c1-11(2)13(3,10-14)16-8-6-7-12(16)9-15(4)5/h11-12H,6-10,14H2,1-5H3. The van der Waals surface area contributed by atoms with E-state index in [4.69, 9.17) is 5.73 Å². The molecule has 3 nitrogen and oxygen atoms in total. The van der Waals surface area contributed by atoms with Crippen molar-refractivity contribution < 1.29 is 0 Å². The third-order valence-corrected chi connectivity index (χ3v) is 4.27. The highest BCUT2D eigenvalue weighted by molar-refractivity contribution is 4.97. The molecular formula is C13H29N3. The average molecular weight is 227 g/mol. The fourth-order valence-electron chi connectivity index (χ4n) is 2.80. The van der Waals surface area contributed by atoms with E-state index in [1.807, 2.05) is 0 Å². The summed E-state index contributed by atoms with van der Waals surface area (Å²) in [7, 11) is 4.32. The molecule has 3 heteroatoms. The van der Waals surface area contributed by atoms with E-state index in [0.29, 0.717) is 12.0 Å². The molecule has 0 saturated carbocycles. The van der Waals surface area contributed by atoms with Gasteiger partial charge in [0.1, 0.15) is 0 Å². The molecule has 1 heterocycles. The van der Waals surface area contributed by atoms with Gasteiger partial charge in [-0.2, -0.15) is 0 Å². The molecule has 0 aliphatic carbocycles. The van der Waals surface area contributed by atoms with Crippen LogP contribution in [-0.2, 0) is 0 Å². The molecule has 1 aliphatic heterocycles. The SMILES string of the molecule is CC(C)C(C)(CN)N1CCCC1CN(C)C. The van der Waals surface area contributed by atoms with Gasteiger partial charge in [0, 0.05) is 24.7 Å². The maximum atomic E-state index is 6.03. The van der Waals surface area contributed by atoms with Gasteiger partial charge in [-0.3, -0.25) is 4.90 Å². The lowest BCUT2D eigenvalue weighted by molar-refractivity contribution is 0.0453. The largest absolute Gasteiger partial charge is 0.329 e. The molecule has 1 aliphatic rings. The van der Waals surface area contributed by atoms with Crippen LogP contribution in [0.25, 0.3) is 0 Å². The molecule has 2 unspecified atom stereocenters. The molecule has 1 fully saturated rings. The Bertz CT molecular complexity index is 215. The maximum Gasteiger partial charge on any atom is 0.0329 e. The Hall–Kier alpha value is -0.120. The molecule has 0 bridgehead atoms. The third-order valence-electron chi connectivity index (χ3n) is 4.27. The summed E-state index contributed by atoms with van der Waals surface area (Å²) in [6.45, 7) is 10.0. The highest BCUT2D eigenvalue weighted by Crippen LogP contribution is 2.31. The lowest BCUT2D eigenvalue weighted by atomic mass is 9.86. The lowest BCUT2D eigenvalue weighted by Crippen LogP contribution is -2.58. The smallest absolute Gasteiger partial charge is 0.0329 e. The van der Waals surface area contributed by atoms with Gasteiger partial charge in [-0.1, -0.05) is 13.8 Å². The minimum absolute atomic E-state index is 0.164. The predicted molar refractivity (Wildman–Crippen MR) is 70.6 cm³/mol. The molecule has 0 radical (unpaired) electrons. The van der Waals surface area contributed by atoms with Crippen LogP contribution in [0.1, 0.15) is 33.6 Å². The second-order valence-corrected chi connectivity index (χ2v) is 5.97. The first-order chi connectivity index (χ1) is 7.41. The number of likely N-dealkylation sites (tertiary alicyclic amines) is 1. The van der Waals surface area contributed by atoms with E-state index in [9.17, 15) is 0 Å². The van der Waals surface area contributed by atoms with Crippen LogP contribution in [0.5, 0.6) is 0 Å². The molecule has 96 valence electrons.